The molecule has 1 amide bonds. The number of nitrogens with one attached hydrogen (secondary N) is 1. The molecule has 0 aliphatic carbocycles. The van der Waals surface area contributed by atoms with Gasteiger partial charge in [-0.3, -0.25) is 4.79 Å². The van der Waals surface area contributed by atoms with Crippen molar-refractivity contribution in [1.82, 2.24) is 5.32 Å². The third-order valence-electron chi connectivity index (χ3n) is 3.84. The van der Waals surface area contributed by atoms with Crippen molar-refractivity contribution < 1.29 is 19.4 Å². The number of fused-ring (bicyclic) bond motifs is 1. The Morgan fingerprint density at radius 1 is 1.25 bits per heavy atom. The van der Waals surface area contributed by atoms with Crippen LogP contribution < -0.4 is 14.8 Å². The zero-order chi connectivity index (χ0) is 16.9. The van der Waals surface area contributed by atoms with Gasteiger partial charge in [0.15, 0.2) is 11.5 Å². The lowest BCUT2D eigenvalue weighted by Gasteiger charge is -2.13. The van der Waals surface area contributed by atoms with E-state index < -0.39 is 6.10 Å². The maximum absolute atomic E-state index is 12.3. The Kier molecular flexibility index (Phi) is 5.27. The highest BCUT2D eigenvalue weighted by atomic mass is 32.2. The monoisotopic (exact) mass is 345 g/mol. The normalized spacial score (nSPS) is 13.6. The van der Waals surface area contributed by atoms with E-state index in [0.717, 1.165) is 10.5 Å². The molecule has 0 radical (unpaired) electrons. The van der Waals surface area contributed by atoms with Gasteiger partial charge in [-0.25, -0.2) is 0 Å². The Hall–Kier alpha value is -2.18. The van der Waals surface area contributed by atoms with Gasteiger partial charge in [0.05, 0.1) is 11.7 Å². The number of amides is 1. The number of hydrogen-bond acceptors (Lipinski definition) is 5. The van der Waals surface area contributed by atoms with Crippen LogP contribution in [0.1, 0.15) is 28.4 Å². The topological polar surface area (TPSA) is 67.8 Å². The summed E-state index contributed by atoms with van der Waals surface area (Å²) in [7, 11) is 0. The average Bonchev–Trinajstić information content (AvgIpc) is 3.09. The molecule has 1 atom stereocenters. The first-order valence-electron chi connectivity index (χ1n) is 7.68. The van der Waals surface area contributed by atoms with E-state index in [4.69, 9.17) is 9.47 Å². The summed E-state index contributed by atoms with van der Waals surface area (Å²) in [5.74, 6) is 1.20. The van der Waals surface area contributed by atoms with Crippen LogP contribution in [0, 0.1) is 0 Å². The number of carbonyl (C=O) groups is 1. The van der Waals surface area contributed by atoms with Gasteiger partial charge in [-0.15, -0.1) is 11.8 Å². The van der Waals surface area contributed by atoms with Crippen LogP contribution in [-0.2, 0) is 0 Å². The van der Waals surface area contributed by atoms with Gasteiger partial charge in [0.1, 0.15) is 0 Å². The van der Waals surface area contributed by atoms with Crippen molar-refractivity contribution in [3.63, 3.8) is 0 Å². The molecule has 2 aromatic rings. The highest BCUT2D eigenvalue weighted by molar-refractivity contribution is 7.98. The molecular weight excluding hydrogens is 326 g/mol. The Bertz CT molecular complexity index is 735. The second-order valence-corrected chi connectivity index (χ2v) is 6.22. The first-order chi connectivity index (χ1) is 11.7. The number of thioether (sulfide) groups is 1. The van der Waals surface area contributed by atoms with Gasteiger partial charge in [-0.2, -0.15) is 0 Å². The van der Waals surface area contributed by atoms with Gasteiger partial charge < -0.3 is 19.9 Å². The molecule has 1 aliphatic rings. The Labute approximate surface area is 145 Å². The molecule has 0 bridgehead atoms. The van der Waals surface area contributed by atoms with Gasteiger partial charge in [0.25, 0.3) is 5.91 Å². The summed E-state index contributed by atoms with van der Waals surface area (Å²) >= 11 is 1.54. The van der Waals surface area contributed by atoms with Crippen LogP contribution in [0.2, 0.25) is 0 Å². The van der Waals surface area contributed by atoms with Crippen molar-refractivity contribution in [2.75, 3.05) is 19.6 Å². The van der Waals surface area contributed by atoms with E-state index in [1.807, 2.05) is 30.5 Å². The van der Waals surface area contributed by atoms with E-state index in [-0.39, 0.29) is 12.7 Å². The quantitative estimate of drug-likeness (QED) is 0.788. The van der Waals surface area contributed by atoms with Gasteiger partial charge in [-0.05, 0) is 42.5 Å². The smallest absolute Gasteiger partial charge is 0.252 e. The van der Waals surface area contributed by atoms with Crippen molar-refractivity contribution in [2.24, 2.45) is 0 Å². The Morgan fingerprint density at radius 2 is 2.04 bits per heavy atom. The van der Waals surface area contributed by atoms with Crippen molar-refractivity contribution in [2.45, 2.75) is 17.4 Å². The second kappa shape index (κ2) is 7.59. The van der Waals surface area contributed by atoms with Crippen LogP contribution in [0.15, 0.2) is 47.4 Å². The SMILES string of the molecule is CSc1ccccc1C(=O)NCCC(O)c1ccc2c(c1)OCO2. The summed E-state index contributed by atoms with van der Waals surface area (Å²) in [5, 5.41) is 13.1. The van der Waals surface area contributed by atoms with Gasteiger partial charge >= 0.3 is 0 Å². The summed E-state index contributed by atoms with van der Waals surface area (Å²) in [6.45, 7) is 0.594. The Morgan fingerprint density at radius 3 is 2.88 bits per heavy atom. The standard InChI is InChI=1S/C18H19NO4S/c1-24-17-5-3-2-4-13(17)18(21)19-9-8-14(20)12-6-7-15-16(10-12)23-11-22-15/h2-7,10,14,20H,8-9,11H2,1H3,(H,19,21). The molecule has 24 heavy (non-hydrogen) atoms. The van der Waals surface area contributed by atoms with E-state index in [0.29, 0.717) is 30.0 Å². The fourth-order valence-corrected chi connectivity index (χ4v) is 3.13. The molecule has 2 aromatic carbocycles. The summed E-state index contributed by atoms with van der Waals surface area (Å²) in [5.41, 5.74) is 1.40. The van der Waals surface area contributed by atoms with Crippen molar-refractivity contribution in [3.05, 3.63) is 53.6 Å². The van der Waals surface area contributed by atoms with Crippen LogP contribution in [0.5, 0.6) is 11.5 Å². The third kappa shape index (κ3) is 3.66. The maximum Gasteiger partial charge on any atom is 0.252 e. The zero-order valence-electron chi connectivity index (χ0n) is 13.3. The molecule has 1 heterocycles. The predicted octanol–water partition coefficient (Wildman–Crippen LogP) is 2.99. The van der Waals surface area contributed by atoms with Crippen molar-refractivity contribution in [1.29, 1.82) is 0 Å². The van der Waals surface area contributed by atoms with E-state index in [1.165, 1.54) is 11.8 Å². The maximum atomic E-state index is 12.3. The minimum absolute atomic E-state index is 0.127. The van der Waals surface area contributed by atoms with Crippen molar-refractivity contribution in [3.8, 4) is 11.5 Å². The van der Waals surface area contributed by atoms with Crippen molar-refractivity contribution >= 4 is 17.7 Å². The lowest BCUT2D eigenvalue weighted by atomic mass is 10.1. The van der Waals surface area contributed by atoms with Crippen LogP contribution >= 0.6 is 11.8 Å². The largest absolute Gasteiger partial charge is 0.454 e. The first-order valence-corrected chi connectivity index (χ1v) is 8.90. The first kappa shape index (κ1) is 16.7. The fourth-order valence-electron chi connectivity index (χ4n) is 2.54. The lowest BCUT2D eigenvalue weighted by Crippen LogP contribution is -2.26. The van der Waals surface area contributed by atoms with E-state index >= 15 is 0 Å². The van der Waals surface area contributed by atoms with Crippen LogP contribution in [0.3, 0.4) is 0 Å². The van der Waals surface area contributed by atoms with Gasteiger partial charge in [0.2, 0.25) is 6.79 Å². The molecule has 0 spiro atoms. The molecular formula is C18H19NO4S. The molecule has 5 nitrogen and oxygen atoms in total. The Balaban J connectivity index is 1.55. The number of ether oxygens (including phenoxy) is 2. The molecule has 0 aromatic heterocycles. The third-order valence-corrected chi connectivity index (χ3v) is 4.63. The number of aliphatic hydroxyl groups excluding tert-OH is 1. The molecule has 126 valence electrons. The summed E-state index contributed by atoms with van der Waals surface area (Å²) < 4.78 is 10.6. The summed E-state index contributed by atoms with van der Waals surface area (Å²) in [6, 6.07) is 12.8. The zero-order valence-corrected chi connectivity index (χ0v) is 14.1. The predicted molar refractivity (Wildman–Crippen MR) is 92.7 cm³/mol. The van der Waals surface area contributed by atoms with Crippen LogP contribution in [0.25, 0.3) is 0 Å². The van der Waals surface area contributed by atoms with E-state index in [2.05, 4.69) is 5.32 Å². The molecule has 3 rings (SSSR count). The molecule has 1 aliphatic heterocycles. The number of carbonyl (C=O) groups excluding carboxylic acids is 1. The summed E-state index contributed by atoms with van der Waals surface area (Å²) in [6.07, 6.45) is 1.69. The minimum Gasteiger partial charge on any atom is -0.454 e. The van der Waals surface area contributed by atoms with Gasteiger partial charge in [-0.1, -0.05) is 18.2 Å². The number of hydrogen-bond donors (Lipinski definition) is 2. The van der Waals surface area contributed by atoms with E-state index in [9.17, 15) is 9.90 Å². The average molecular weight is 345 g/mol. The second-order valence-electron chi connectivity index (χ2n) is 5.37. The number of rotatable bonds is 6. The summed E-state index contributed by atoms with van der Waals surface area (Å²) in [4.78, 5) is 13.2. The number of benzene rings is 2. The van der Waals surface area contributed by atoms with Crippen LogP contribution in [-0.4, -0.2) is 30.6 Å². The lowest BCUT2D eigenvalue weighted by molar-refractivity contribution is 0.0939. The fraction of sp³-hybridized carbons (Fsp3) is 0.278. The highest BCUT2D eigenvalue weighted by Gasteiger charge is 2.17. The highest BCUT2D eigenvalue weighted by Crippen LogP contribution is 2.34. The molecule has 0 saturated carbocycles. The molecule has 2 N–H and O–H groups in total. The molecule has 1 unspecified atom stereocenters. The minimum atomic E-state index is -0.671. The molecule has 0 saturated heterocycles. The van der Waals surface area contributed by atoms with Gasteiger partial charge in [0, 0.05) is 11.4 Å². The van der Waals surface area contributed by atoms with Crippen LogP contribution in [0.4, 0.5) is 0 Å². The molecule has 6 heteroatoms. The number of aliphatic hydroxyl groups is 1. The molecule has 0 fully saturated rings. The van der Waals surface area contributed by atoms with E-state index in [1.54, 1.807) is 18.2 Å².